The van der Waals surface area contributed by atoms with E-state index >= 15 is 0 Å². The van der Waals surface area contributed by atoms with Gasteiger partial charge in [0.2, 0.25) is 5.91 Å². The average molecular weight is 353 g/mol. The number of fused-ring (bicyclic) bond motifs is 3. The summed E-state index contributed by atoms with van der Waals surface area (Å²) in [5, 5.41) is 3.56. The fraction of sp³-hybridized carbons (Fsp3) is 0.316. The van der Waals surface area contributed by atoms with Gasteiger partial charge in [0.1, 0.15) is 11.4 Å². The minimum atomic E-state index is -0.224. The van der Waals surface area contributed by atoms with Gasteiger partial charge in [0.15, 0.2) is 0 Å². The van der Waals surface area contributed by atoms with Crippen LogP contribution < -0.4 is 10.9 Å². The molecule has 2 aromatic heterocycles. The monoisotopic (exact) mass is 353 g/mol. The summed E-state index contributed by atoms with van der Waals surface area (Å²) in [6.45, 7) is 4.00. The van der Waals surface area contributed by atoms with Gasteiger partial charge in [-0.1, -0.05) is 6.07 Å². The molecule has 1 aromatic carbocycles. The highest BCUT2D eigenvalue weighted by Crippen LogP contribution is 2.34. The third-order valence-electron chi connectivity index (χ3n) is 4.80. The van der Waals surface area contributed by atoms with Crippen LogP contribution in [0.15, 0.2) is 29.3 Å². The van der Waals surface area contributed by atoms with Crippen LogP contribution in [0, 0.1) is 13.8 Å². The zero-order chi connectivity index (χ0) is 17.6. The van der Waals surface area contributed by atoms with E-state index in [1.807, 2.05) is 32.0 Å². The van der Waals surface area contributed by atoms with Crippen molar-refractivity contribution in [1.82, 2.24) is 9.55 Å². The summed E-state index contributed by atoms with van der Waals surface area (Å²) in [4.78, 5) is 31.6. The number of carbonyl (C=O) groups is 1. The van der Waals surface area contributed by atoms with Gasteiger partial charge >= 0.3 is 0 Å². The molecular weight excluding hydrogens is 334 g/mol. The molecule has 0 saturated heterocycles. The quantitative estimate of drug-likeness (QED) is 0.786. The smallest absolute Gasteiger partial charge is 0.262 e. The third-order valence-corrected chi connectivity index (χ3v) is 6.00. The van der Waals surface area contributed by atoms with Gasteiger partial charge in [0.25, 0.3) is 5.56 Å². The number of benzene rings is 1. The number of hydrogen-bond donors (Lipinski definition) is 1. The van der Waals surface area contributed by atoms with Gasteiger partial charge < -0.3 is 5.32 Å². The number of amides is 1. The first-order valence-corrected chi connectivity index (χ1v) is 9.21. The number of aryl methyl sites for hydroxylation is 4. The van der Waals surface area contributed by atoms with Gasteiger partial charge in [0.05, 0.1) is 11.7 Å². The van der Waals surface area contributed by atoms with Crippen LogP contribution in [0.1, 0.15) is 28.0 Å². The first-order chi connectivity index (χ1) is 12.0. The summed E-state index contributed by atoms with van der Waals surface area (Å²) in [7, 11) is 0. The van der Waals surface area contributed by atoms with E-state index in [-0.39, 0.29) is 18.0 Å². The Morgan fingerprint density at radius 2 is 2.12 bits per heavy atom. The minimum absolute atomic E-state index is 0.0285. The molecule has 0 spiro atoms. The summed E-state index contributed by atoms with van der Waals surface area (Å²) < 4.78 is 1.41. The molecule has 25 heavy (non-hydrogen) atoms. The predicted molar refractivity (Wildman–Crippen MR) is 100 cm³/mol. The highest BCUT2D eigenvalue weighted by atomic mass is 32.1. The summed E-state index contributed by atoms with van der Waals surface area (Å²) in [5.41, 5.74) is 4.06. The molecule has 0 atom stereocenters. The van der Waals surface area contributed by atoms with Crippen LogP contribution in [0.3, 0.4) is 0 Å². The summed E-state index contributed by atoms with van der Waals surface area (Å²) in [6.07, 6.45) is 4.54. The number of carbonyl (C=O) groups excluding carboxylic acids is 1. The Labute approximate surface area is 149 Å². The van der Waals surface area contributed by atoms with Crippen molar-refractivity contribution >= 4 is 33.1 Å². The zero-order valence-corrected chi connectivity index (χ0v) is 15.1. The molecule has 5 nitrogen and oxygen atoms in total. The van der Waals surface area contributed by atoms with E-state index < -0.39 is 0 Å². The molecule has 2 heterocycles. The lowest BCUT2D eigenvalue weighted by Crippen LogP contribution is -2.28. The van der Waals surface area contributed by atoms with Crippen LogP contribution in [-0.2, 0) is 24.2 Å². The van der Waals surface area contributed by atoms with Gasteiger partial charge in [-0.05, 0) is 61.9 Å². The molecule has 0 bridgehead atoms. The van der Waals surface area contributed by atoms with Crippen LogP contribution in [0.5, 0.6) is 0 Å². The van der Waals surface area contributed by atoms with Crippen molar-refractivity contribution in [3.8, 4) is 0 Å². The minimum Gasteiger partial charge on any atom is -0.325 e. The van der Waals surface area contributed by atoms with Crippen molar-refractivity contribution in [1.29, 1.82) is 0 Å². The number of aromatic nitrogens is 2. The molecule has 0 unspecified atom stereocenters. The molecule has 1 aliphatic rings. The Morgan fingerprint density at radius 3 is 2.92 bits per heavy atom. The number of thiophene rings is 1. The van der Waals surface area contributed by atoms with Crippen molar-refractivity contribution in [2.24, 2.45) is 0 Å². The molecule has 0 radical (unpaired) electrons. The van der Waals surface area contributed by atoms with Crippen molar-refractivity contribution in [2.75, 3.05) is 5.32 Å². The molecule has 0 saturated carbocycles. The topological polar surface area (TPSA) is 64.0 Å². The van der Waals surface area contributed by atoms with E-state index in [1.54, 1.807) is 11.3 Å². The van der Waals surface area contributed by atoms with Crippen molar-refractivity contribution in [2.45, 2.75) is 39.7 Å². The largest absolute Gasteiger partial charge is 0.325 e. The molecule has 1 amide bonds. The fourth-order valence-corrected chi connectivity index (χ4v) is 4.53. The molecule has 1 N–H and O–H groups in total. The second kappa shape index (κ2) is 6.11. The molecule has 6 heteroatoms. The highest BCUT2D eigenvalue weighted by molar-refractivity contribution is 7.18. The Morgan fingerprint density at radius 1 is 1.28 bits per heavy atom. The zero-order valence-electron chi connectivity index (χ0n) is 14.3. The third kappa shape index (κ3) is 2.87. The number of anilines is 1. The lowest BCUT2D eigenvalue weighted by atomic mass is 10.1. The Kier molecular flexibility index (Phi) is 3.92. The summed E-state index contributed by atoms with van der Waals surface area (Å²) >= 11 is 1.61. The first kappa shape index (κ1) is 16.0. The SMILES string of the molecule is Cc1ccc(NC(=O)Cn2cnc3sc4c(c3c2=O)CCC4)cc1C. The van der Waals surface area contributed by atoms with Crippen molar-refractivity contribution in [3.63, 3.8) is 0 Å². The Balaban J connectivity index is 1.60. The fourth-order valence-electron chi connectivity index (χ4n) is 3.31. The number of nitrogens with zero attached hydrogens (tertiary/aromatic N) is 2. The van der Waals surface area contributed by atoms with E-state index in [1.165, 1.54) is 21.3 Å². The van der Waals surface area contributed by atoms with Crippen LogP contribution in [0.4, 0.5) is 5.69 Å². The van der Waals surface area contributed by atoms with Crippen LogP contribution in [0.2, 0.25) is 0 Å². The average Bonchev–Trinajstić information content (AvgIpc) is 3.14. The molecule has 1 aliphatic carbocycles. The second-order valence-corrected chi connectivity index (χ2v) is 7.65. The van der Waals surface area contributed by atoms with Gasteiger partial charge in [-0.3, -0.25) is 14.2 Å². The molecule has 3 aromatic rings. The maximum absolute atomic E-state index is 12.8. The number of hydrogen-bond acceptors (Lipinski definition) is 4. The first-order valence-electron chi connectivity index (χ1n) is 8.40. The van der Waals surface area contributed by atoms with Crippen LogP contribution in [0.25, 0.3) is 10.2 Å². The molecule has 128 valence electrons. The molecule has 4 rings (SSSR count). The second-order valence-electron chi connectivity index (χ2n) is 6.56. The van der Waals surface area contributed by atoms with E-state index in [4.69, 9.17) is 0 Å². The lowest BCUT2D eigenvalue weighted by molar-refractivity contribution is -0.116. The van der Waals surface area contributed by atoms with Gasteiger partial charge in [0, 0.05) is 10.6 Å². The van der Waals surface area contributed by atoms with Gasteiger partial charge in [-0.25, -0.2) is 4.98 Å². The predicted octanol–water partition coefficient (Wildman–Crippen LogP) is 3.20. The molecular formula is C19H19N3O2S. The summed E-state index contributed by atoms with van der Waals surface area (Å²) in [6, 6.07) is 5.78. The maximum atomic E-state index is 12.8. The van der Waals surface area contributed by atoms with E-state index in [9.17, 15) is 9.59 Å². The van der Waals surface area contributed by atoms with Crippen LogP contribution in [-0.4, -0.2) is 15.5 Å². The standard InChI is InChI=1S/C19H19N3O2S/c1-11-6-7-13(8-12(11)2)21-16(23)9-22-10-20-18-17(19(22)24)14-4-3-5-15(14)25-18/h6-8,10H,3-5,9H2,1-2H3,(H,21,23). The van der Waals surface area contributed by atoms with Crippen molar-refractivity contribution in [3.05, 3.63) is 56.4 Å². The number of nitrogens with one attached hydrogen (secondary N) is 1. The normalized spacial score (nSPS) is 13.2. The Bertz CT molecular complexity index is 1050. The van der Waals surface area contributed by atoms with Gasteiger partial charge in [-0.2, -0.15) is 0 Å². The van der Waals surface area contributed by atoms with Gasteiger partial charge in [-0.15, -0.1) is 11.3 Å². The van der Waals surface area contributed by atoms with Crippen LogP contribution >= 0.6 is 11.3 Å². The number of rotatable bonds is 3. The van der Waals surface area contributed by atoms with E-state index in [2.05, 4.69) is 10.3 Å². The van der Waals surface area contributed by atoms with Crippen molar-refractivity contribution < 1.29 is 4.79 Å². The maximum Gasteiger partial charge on any atom is 0.262 e. The highest BCUT2D eigenvalue weighted by Gasteiger charge is 2.21. The molecule has 0 fully saturated rings. The lowest BCUT2D eigenvalue weighted by Gasteiger charge is -2.09. The van der Waals surface area contributed by atoms with E-state index in [0.717, 1.165) is 40.9 Å². The molecule has 0 aliphatic heterocycles. The summed E-state index contributed by atoms with van der Waals surface area (Å²) in [5.74, 6) is -0.224. The van der Waals surface area contributed by atoms with E-state index in [0.29, 0.717) is 5.39 Å². The Hall–Kier alpha value is -2.47.